The van der Waals surface area contributed by atoms with Crippen LogP contribution in [0.3, 0.4) is 0 Å². The van der Waals surface area contributed by atoms with Crippen LogP contribution in [0.2, 0.25) is 0 Å². The Hall–Kier alpha value is -3.41. The molecular formula is C17H16N4O2. The van der Waals surface area contributed by atoms with Crippen molar-refractivity contribution in [3.8, 4) is 0 Å². The largest absolute Gasteiger partial charge is 0.397 e. The smallest absolute Gasteiger partial charge is 0.248 e. The number of rotatable bonds is 5. The molecule has 0 aliphatic heterocycles. The third-order valence-corrected chi connectivity index (χ3v) is 2.75. The molecule has 0 saturated carbocycles. The first-order chi connectivity index (χ1) is 11.1. The maximum Gasteiger partial charge on any atom is 0.248 e. The maximum atomic E-state index is 11.7. The second-order valence-electron chi connectivity index (χ2n) is 4.53. The van der Waals surface area contributed by atoms with Gasteiger partial charge < -0.3 is 16.4 Å². The van der Waals surface area contributed by atoms with Gasteiger partial charge in [-0.1, -0.05) is 24.3 Å². The first-order valence-electron chi connectivity index (χ1n) is 6.86. The number of nitrogens with zero attached hydrogens (tertiary/aromatic N) is 1. The molecule has 1 aromatic carbocycles. The normalized spacial score (nSPS) is 10.8. The minimum absolute atomic E-state index is 0.310. The SMILES string of the molecule is Nc1ccccc1NC(=O)C=CC=CC(=O)Nc1cccnc1. The van der Waals surface area contributed by atoms with Gasteiger partial charge in [0.05, 0.1) is 23.3 Å². The van der Waals surface area contributed by atoms with Crippen molar-refractivity contribution < 1.29 is 9.59 Å². The van der Waals surface area contributed by atoms with Crippen molar-refractivity contribution in [3.63, 3.8) is 0 Å². The van der Waals surface area contributed by atoms with Crippen molar-refractivity contribution in [1.29, 1.82) is 0 Å². The van der Waals surface area contributed by atoms with E-state index in [0.717, 1.165) is 0 Å². The topological polar surface area (TPSA) is 97.1 Å². The lowest BCUT2D eigenvalue weighted by Crippen LogP contribution is -2.09. The standard InChI is InChI=1S/C17H16N4O2/c18-14-7-1-2-8-15(14)21-17(23)10-4-3-9-16(22)20-13-6-5-11-19-12-13/h1-12H,18H2,(H,20,22)(H,21,23). The van der Waals surface area contributed by atoms with Gasteiger partial charge in [0.15, 0.2) is 0 Å². The predicted molar refractivity (Wildman–Crippen MR) is 90.6 cm³/mol. The molecule has 0 aliphatic carbocycles. The Morgan fingerprint density at radius 2 is 1.65 bits per heavy atom. The summed E-state index contributed by atoms with van der Waals surface area (Å²) in [5, 5.41) is 5.28. The zero-order valence-electron chi connectivity index (χ0n) is 12.3. The average molecular weight is 308 g/mol. The number of carbonyl (C=O) groups excluding carboxylic acids is 2. The van der Waals surface area contributed by atoms with E-state index in [0.29, 0.717) is 17.1 Å². The zero-order chi connectivity index (χ0) is 16.5. The Morgan fingerprint density at radius 3 is 2.30 bits per heavy atom. The van der Waals surface area contributed by atoms with Gasteiger partial charge >= 0.3 is 0 Å². The Balaban J connectivity index is 1.82. The average Bonchev–Trinajstić information content (AvgIpc) is 2.55. The summed E-state index contributed by atoms with van der Waals surface area (Å²) in [5.41, 5.74) is 7.36. The van der Waals surface area contributed by atoms with Crippen molar-refractivity contribution in [2.45, 2.75) is 0 Å². The number of para-hydroxylation sites is 2. The van der Waals surface area contributed by atoms with E-state index in [1.54, 1.807) is 48.8 Å². The fourth-order valence-corrected chi connectivity index (χ4v) is 1.69. The van der Waals surface area contributed by atoms with Crippen molar-refractivity contribution >= 4 is 28.9 Å². The Bertz CT molecular complexity index is 739. The second-order valence-corrected chi connectivity index (χ2v) is 4.53. The number of allylic oxidation sites excluding steroid dienone is 2. The summed E-state index contributed by atoms with van der Waals surface area (Å²) in [6.07, 6.45) is 8.72. The number of aromatic nitrogens is 1. The van der Waals surface area contributed by atoms with Gasteiger partial charge in [0.1, 0.15) is 0 Å². The first-order valence-corrected chi connectivity index (χ1v) is 6.86. The molecule has 0 atom stereocenters. The van der Waals surface area contributed by atoms with Gasteiger partial charge in [-0.2, -0.15) is 0 Å². The molecule has 0 aliphatic rings. The number of nitrogens with one attached hydrogen (secondary N) is 2. The van der Waals surface area contributed by atoms with E-state index in [-0.39, 0.29) is 11.8 Å². The molecule has 2 aromatic rings. The molecule has 2 amide bonds. The first kappa shape index (κ1) is 16.0. The van der Waals surface area contributed by atoms with Crippen LogP contribution in [0.4, 0.5) is 17.1 Å². The van der Waals surface area contributed by atoms with Gasteiger partial charge in [0.2, 0.25) is 11.8 Å². The molecule has 0 fully saturated rings. The zero-order valence-corrected chi connectivity index (χ0v) is 12.3. The summed E-state index contributed by atoms with van der Waals surface area (Å²) in [5.74, 6) is -0.643. The molecular weight excluding hydrogens is 292 g/mol. The Kier molecular flexibility index (Phi) is 5.65. The number of pyridine rings is 1. The van der Waals surface area contributed by atoms with Gasteiger partial charge in [-0.25, -0.2) is 0 Å². The summed E-state index contributed by atoms with van der Waals surface area (Å²) in [6, 6.07) is 10.4. The molecule has 0 radical (unpaired) electrons. The summed E-state index contributed by atoms with van der Waals surface area (Å²) >= 11 is 0. The van der Waals surface area contributed by atoms with Crippen LogP contribution < -0.4 is 16.4 Å². The lowest BCUT2D eigenvalue weighted by molar-refractivity contribution is -0.112. The van der Waals surface area contributed by atoms with E-state index >= 15 is 0 Å². The third kappa shape index (κ3) is 5.47. The number of amides is 2. The van der Waals surface area contributed by atoms with Gasteiger partial charge in [0, 0.05) is 18.3 Å². The molecule has 0 spiro atoms. The van der Waals surface area contributed by atoms with Crippen molar-refractivity contribution in [3.05, 3.63) is 73.1 Å². The van der Waals surface area contributed by atoms with Crippen molar-refractivity contribution in [2.75, 3.05) is 16.4 Å². The third-order valence-electron chi connectivity index (χ3n) is 2.75. The number of anilines is 3. The van der Waals surface area contributed by atoms with Crippen LogP contribution >= 0.6 is 0 Å². The number of nitrogens with two attached hydrogens (primary N) is 1. The molecule has 0 bridgehead atoms. The number of carbonyl (C=O) groups is 2. The molecule has 6 nitrogen and oxygen atoms in total. The summed E-state index contributed by atoms with van der Waals surface area (Å²) in [7, 11) is 0. The summed E-state index contributed by atoms with van der Waals surface area (Å²) < 4.78 is 0. The van der Waals surface area contributed by atoms with Crippen molar-refractivity contribution in [1.82, 2.24) is 4.98 Å². The lowest BCUT2D eigenvalue weighted by atomic mass is 10.2. The van der Waals surface area contributed by atoms with E-state index < -0.39 is 0 Å². The summed E-state index contributed by atoms with van der Waals surface area (Å²) in [6.45, 7) is 0. The number of benzene rings is 1. The van der Waals surface area contributed by atoms with Crippen LogP contribution in [0, 0.1) is 0 Å². The minimum atomic E-state index is -0.333. The van der Waals surface area contributed by atoms with E-state index in [1.165, 1.54) is 24.3 Å². The van der Waals surface area contributed by atoms with Gasteiger partial charge in [-0.3, -0.25) is 14.6 Å². The Labute approximate surface area is 133 Å². The summed E-state index contributed by atoms with van der Waals surface area (Å²) in [4.78, 5) is 27.2. The molecule has 23 heavy (non-hydrogen) atoms. The van der Waals surface area contributed by atoms with Gasteiger partial charge in [0.25, 0.3) is 0 Å². The molecule has 0 saturated heterocycles. The van der Waals surface area contributed by atoms with Crippen LogP contribution in [0.5, 0.6) is 0 Å². The molecule has 2 rings (SSSR count). The molecule has 6 heteroatoms. The fourth-order valence-electron chi connectivity index (χ4n) is 1.69. The molecule has 0 unspecified atom stereocenters. The van der Waals surface area contributed by atoms with E-state index in [2.05, 4.69) is 15.6 Å². The van der Waals surface area contributed by atoms with Crippen LogP contribution in [-0.2, 0) is 9.59 Å². The highest BCUT2D eigenvalue weighted by Crippen LogP contribution is 2.16. The van der Waals surface area contributed by atoms with E-state index in [9.17, 15) is 9.59 Å². The molecule has 116 valence electrons. The lowest BCUT2D eigenvalue weighted by Gasteiger charge is -2.04. The number of hydrogen-bond acceptors (Lipinski definition) is 4. The van der Waals surface area contributed by atoms with Crippen LogP contribution in [0.25, 0.3) is 0 Å². The highest BCUT2D eigenvalue weighted by atomic mass is 16.2. The van der Waals surface area contributed by atoms with Crippen LogP contribution in [0.15, 0.2) is 73.1 Å². The monoisotopic (exact) mass is 308 g/mol. The highest BCUT2D eigenvalue weighted by Gasteiger charge is 2.00. The van der Waals surface area contributed by atoms with Crippen LogP contribution in [0.1, 0.15) is 0 Å². The Morgan fingerprint density at radius 1 is 0.957 bits per heavy atom. The fraction of sp³-hybridized carbons (Fsp3) is 0. The maximum absolute atomic E-state index is 11.7. The predicted octanol–water partition coefficient (Wildman–Crippen LogP) is 2.35. The number of nitrogen functional groups attached to an aromatic ring is 1. The molecule has 4 N–H and O–H groups in total. The number of hydrogen-bond donors (Lipinski definition) is 3. The van der Waals surface area contributed by atoms with E-state index in [4.69, 9.17) is 5.73 Å². The quantitative estimate of drug-likeness (QED) is 0.449. The van der Waals surface area contributed by atoms with Crippen LogP contribution in [-0.4, -0.2) is 16.8 Å². The van der Waals surface area contributed by atoms with Gasteiger partial charge in [-0.05, 0) is 24.3 Å². The second kappa shape index (κ2) is 8.14. The van der Waals surface area contributed by atoms with Gasteiger partial charge in [-0.15, -0.1) is 0 Å². The molecule has 1 aromatic heterocycles. The van der Waals surface area contributed by atoms with Crippen molar-refractivity contribution in [2.24, 2.45) is 0 Å². The molecule has 1 heterocycles. The highest BCUT2D eigenvalue weighted by molar-refractivity contribution is 6.02. The van der Waals surface area contributed by atoms with E-state index in [1.807, 2.05) is 0 Å². The minimum Gasteiger partial charge on any atom is -0.397 e.